The second-order valence-electron chi connectivity index (χ2n) is 2.95. The van der Waals surface area contributed by atoms with Gasteiger partial charge < -0.3 is 0 Å². The summed E-state index contributed by atoms with van der Waals surface area (Å²) in [4.78, 5) is 8.55. The number of rotatable bonds is 1. The summed E-state index contributed by atoms with van der Waals surface area (Å²) in [5.41, 5.74) is 3.03. The normalized spacial score (nSPS) is 10.3. The summed E-state index contributed by atoms with van der Waals surface area (Å²) < 4.78 is 0. The van der Waals surface area contributed by atoms with Crippen molar-refractivity contribution >= 4 is 0 Å². The van der Waals surface area contributed by atoms with E-state index in [-0.39, 0.29) is 0 Å². The molecule has 2 rings (SSSR count). The summed E-state index contributed by atoms with van der Waals surface area (Å²) in [5.74, 6) is 0.719. The largest absolute Gasteiger partial charge is 0.285 e. The van der Waals surface area contributed by atoms with Crippen LogP contribution in [0.25, 0.3) is 11.4 Å². The van der Waals surface area contributed by atoms with Crippen LogP contribution in [0, 0.1) is 13.8 Å². The molecule has 2 aromatic rings. The van der Waals surface area contributed by atoms with Gasteiger partial charge in [-0.25, -0.2) is 9.97 Å². The number of aromatic amines is 1. The highest BCUT2D eigenvalue weighted by atomic mass is 15.1. The molecule has 0 saturated carbocycles. The van der Waals surface area contributed by atoms with Gasteiger partial charge in [0.05, 0.1) is 11.8 Å². The van der Waals surface area contributed by atoms with Crippen molar-refractivity contribution in [1.29, 1.82) is 0 Å². The Morgan fingerprint density at radius 3 is 2.69 bits per heavy atom. The Labute approximate surface area is 76.1 Å². The Morgan fingerprint density at radius 2 is 2.08 bits per heavy atom. The fourth-order valence-corrected chi connectivity index (χ4v) is 1.04. The molecular formula is C9H10N4. The van der Waals surface area contributed by atoms with Crippen LogP contribution in [-0.4, -0.2) is 20.2 Å². The van der Waals surface area contributed by atoms with Crippen molar-refractivity contribution in [2.45, 2.75) is 13.8 Å². The van der Waals surface area contributed by atoms with E-state index in [1.54, 1.807) is 12.4 Å². The Kier molecular flexibility index (Phi) is 1.81. The average Bonchev–Trinajstić information content (AvgIpc) is 2.62. The molecule has 66 valence electrons. The Hall–Kier alpha value is -1.71. The summed E-state index contributed by atoms with van der Waals surface area (Å²) in [7, 11) is 0. The minimum atomic E-state index is 0.719. The van der Waals surface area contributed by atoms with Gasteiger partial charge in [-0.2, -0.15) is 5.10 Å². The molecule has 0 amide bonds. The molecule has 1 N–H and O–H groups in total. The summed E-state index contributed by atoms with van der Waals surface area (Å²) in [6, 6.07) is 0. The van der Waals surface area contributed by atoms with Gasteiger partial charge in [0.2, 0.25) is 0 Å². The Balaban J connectivity index is 2.49. The van der Waals surface area contributed by atoms with E-state index < -0.39 is 0 Å². The van der Waals surface area contributed by atoms with Crippen molar-refractivity contribution in [3.05, 3.63) is 29.8 Å². The molecule has 0 fully saturated rings. The van der Waals surface area contributed by atoms with E-state index in [1.165, 1.54) is 0 Å². The second-order valence-corrected chi connectivity index (χ2v) is 2.95. The smallest absolute Gasteiger partial charge is 0.162 e. The van der Waals surface area contributed by atoms with Crippen molar-refractivity contribution in [2.24, 2.45) is 0 Å². The maximum absolute atomic E-state index is 4.34. The van der Waals surface area contributed by atoms with Crippen LogP contribution in [0.2, 0.25) is 0 Å². The number of aromatic nitrogens is 4. The minimum Gasteiger partial charge on any atom is -0.285 e. The van der Waals surface area contributed by atoms with Gasteiger partial charge in [0.1, 0.15) is 0 Å². The highest BCUT2D eigenvalue weighted by molar-refractivity contribution is 5.51. The van der Waals surface area contributed by atoms with Gasteiger partial charge in [-0.05, 0) is 19.4 Å². The third kappa shape index (κ3) is 1.42. The fraction of sp³-hybridized carbons (Fsp3) is 0.222. The standard InChI is InChI=1S/C9H10N4/c1-6-3-10-9(13-7(6)2)8-4-11-12-5-8/h3-5H,1-2H3,(H,11,12). The van der Waals surface area contributed by atoms with Crippen LogP contribution in [0.1, 0.15) is 11.3 Å². The van der Waals surface area contributed by atoms with Crippen LogP contribution in [0.15, 0.2) is 18.6 Å². The van der Waals surface area contributed by atoms with Crippen molar-refractivity contribution in [3.8, 4) is 11.4 Å². The zero-order valence-electron chi connectivity index (χ0n) is 7.57. The monoisotopic (exact) mass is 174 g/mol. The predicted molar refractivity (Wildman–Crippen MR) is 49.1 cm³/mol. The SMILES string of the molecule is Cc1cnc(-c2cn[nH]c2)nc1C. The second kappa shape index (κ2) is 2.97. The minimum absolute atomic E-state index is 0.719. The van der Waals surface area contributed by atoms with Crippen LogP contribution in [-0.2, 0) is 0 Å². The molecule has 13 heavy (non-hydrogen) atoms. The highest BCUT2D eigenvalue weighted by Crippen LogP contribution is 2.13. The maximum Gasteiger partial charge on any atom is 0.162 e. The predicted octanol–water partition coefficient (Wildman–Crippen LogP) is 1.48. The molecule has 0 aromatic carbocycles. The van der Waals surface area contributed by atoms with E-state index in [1.807, 2.05) is 20.0 Å². The van der Waals surface area contributed by atoms with E-state index in [4.69, 9.17) is 0 Å². The number of hydrogen-bond acceptors (Lipinski definition) is 3. The Bertz CT molecular complexity index is 406. The van der Waals surface area contributed by atoms with E-state index in [0.717, 1.165) is 22.6 Å². The van der Waals surface area contributed by atoms with Crippen LogP contribution in [0.5, 0.6) is 0 Å². The lowest BCUT2D eigenvalue weighted by molar-refractivity contribution is 1.07. The lowest BCUT2D eigenvalue weighted by Crippen LogP contribution is -1.92. The van der Waals surface area contributed by atoms with Crippen LogP contribution in [0.4, 0.5) is 0 Å². The molecule has 0 spiro atoms. The third-order valence-electron chi connectivity index (χ3n) is 1.98. The van der Waals surface area contributed by atoms with Gasteiger partial charge in [0, 0.05) is 18.1 Å². The molecule has 0 atom stereocenters. The van der Waals surface area contributed by atoms with Gasteiger partial charge in [-0.15, -0.1) is 0 Å². The lowest BCUT2D eigenvalue weighted by Gasteiger charge is -1.99. The molecule has 0 radical (unpaired) electrons. The molecule has 4 nitrogen and oxygen atoms in total. The summed E-state index contributed by atoms with van der Waals surface area (Å²) in [6.07, 6.45) is 5.32. The molecule has 4 heteroatoms. The zero-order chi connectivity index (χ0) is 9.26. The Morgan fingerprint density at radius 1 is 1.23 bits per heavy atom. The first kappa shape index (κ1) is 7.91. The first-order chi connectivity index (χ1) is 6.27. The molecule has 0 bridgehead atoms. The van der Waals surface area contributed by atoms with Crippen molar-refractivity contribution < 1.29 is 0 Å². The van der Waals surface area contributed by atoms with Gasteiger partial charge in [-0.3, -0.25) is 5.10 Å². The molecule has 2 heterocycles. The first-order valence-corrected chi connectivity index (χ1v) is 4.07. The molecule has 0 aliphatic heterocycles. The zero-order valence-corrected chi connectivity index (χ0v) is 7.57. The number of aryl methyl sites for hydroxylation is 2. The topological polar surface area (TPSA) is 54.5 Å². The molecule has 0 unspecified atom stereocenters. The molecule has 0 aliphatic carbocycles. The van der Waals surface area contributed by atoms with E-state index in [9.17, 15) is 0 Å². The van der Waals surface area contributed by atoms with Crippen molar-refractivity contribution in [2.75, 3.05) is 0 Å². The lowest BCUT2D eigenvalue weighted by atomic mass is 10.2. The van der Waals surface area contributed by atoms with Gasteiger partial charge in [-0.1, -0.05) is 0 Å². The summed E-state index contributed by atoms with van der Waals surface area (Å²) in [6.45, 7) is 3.97. The molecule has 2 aromatic heterocycles. The maximum atomic E-state index is 4.34. The third-order valence-corrected chi connectivity index (χ3v) is 1.98. The molecular weight excluding hydrogens is 164 g/mol. The average molecular weight is 174 g/mol. The van der Waals surface area contributed by atoms with Crippen molar-refractivity contribution in [1.82, 2.24) is 20.2 Å². The van der Waals surface area contributed by atoms with E-state index in [0.29, 0.717) is 0 Å². The van der Waals surface area contributed by atoms with Crippen LogP contribution < -0.4 is 0 Å². The molecule has 0 aliphatic rings. The van der Waals surface area contributed by atoms with Crippen LogP contribution in [0.3, 0.4) is 0 Å². The summed E-state index contributed by atoms with van der Waals surface area (Å²) >= 11 is 0. The first-order valence-electron chi connectivity index (χ1n) is 4.07. The quantitative estimate of drug-likeness (QED) is 0.712. The fourth-order valence-electron chi connectivity index (χ4n) is 1.04. The van der Waals surface area contributed by atoms with E-state index >= 15 is 0 Å². The number of H-pyrrole nitrogens is 1. The van der Waals surface area contributed by atoms with Gasteiger partial charge >= 0.3 is 0 Å². The van der Waals surface area contributed by atoms with Crippen LogP contribution >= 0.6 is 0 Å². The molecule has 0 saturated heterocycles. The van der Waals surface area contributed by atoms with E-state index in [2.05, 4.69) is 20.2 Å². The van der Waals surface area contributed by atoms with Gasteiger partial charge in [0.15, 0.2) is 5.82 Å². The number of nitrogens with zero attached hydrogens (tertiary/aromatic N) is 3. The summed E-state index contributed by atoms with van der Waals surface area (Å²) in [5, 5.41) is 6.58. The number of hydrogen-bond donors (Lipinski definition) is 1. The van der Waals surface area contributed by atoms with Gasteiger partial charge in [0.25, 0.3) is 0 Å². The number of nitrogens with one attached hydrogen (secondary N) is 1. The highest BCUT2D eigenvalue weighted by Gasteiger charge is 2.02. The van der Waals surface area contributed by atoms with Crippen molar-refractivity contribution in [3.63, 3.8) is 0 Å².